The molecule has 1 aliphatic heterocycles. The number of nitrogens with two attached hydrogens (primary N) is 1. The van der Waals surface area contributed by atoms with Crippen LogP contribution in [0.2, 0.25) is 0 Å². The molecule has 4 atom stereocenters. The number of anilines is 1. The number of nitrogens with one attached hydrogen (secondary N) is 1. The lowest BCUT2D eigenvalue weighted by atomic mass is 10.1. The van der Waals surface area contributed by atoms with Crippen LogP contribution in [0.4, 0.5) is 23.5 Å². The van der Waals surface area contributed by atoms with E-state index in [1.807, 2.05) is 0 Å². The van der Waals surface area contributed by atoms with Gasteiger partial charge in [0.15, 0.2) is 23.6 Å². The fraction of sp³-hybridized carbons (Fsp3) is 0.643. The topological polar surface area (TPSA) is 148 Å². The Hall–Kier alpha value is -2.45. The van der Waals surface area contributed by atoms with Crippen LogP contribution in [0.3, 0.4) is 0 Å². The number of aliphatic hydroxyl groups excluding tert-OH is 2. The molecule has 0 unspecified atom stereocenters. The molecule has 156 valence electrons. The Labute approximate surface area is 153 Å². The number of H-pyrrole nitrogens is 1. The Balaban J connectivity index is 2.12. The third-order valence-corrected chi connectivity index (χ3v) is 4.39. The van der Waals surface area contributed by atoms with Crippen molar-refractivity contribution in [3.05, 3.63) is 20.8 Å². The summed E-state index contributed by atoms with van der Waals surface area (Å²) in [5, 5.41) is 19.2. The third kappa shape index (κ3) is 3.49. The summed E-state index contributed by atoms with van der Waals surface area (Å²) in [7, 11) is 0. The highest BCUT2D eigenvalue weighted by molar-refractivity contribution is 5.71. The maximum absolute atomic E-state index is 14.1. The summed E-state index contributed by atoms with van der Waals surface area (Å²) in [6.07, 6.45) is -13.2. The van der Waals surface area contributed by atoms with Gasteiger partial charge in [-0.25, -0.2) is 13.8 Å². The molecule has 1 aliphatic rings. The summed E-state index contributed by atoms with van der Waals surface area (Å²) in [5.74, 6) is -0.401. The van der Waals surface area contributed by atoms with Crippen molar-refractivity contribution in [2.75, 3.05) is 12.3 Å². The quantitative estimate of drug-likeness (QED) is 0.480. The van der Waals surface area contributed by atoms with Gasteiger partial charge in [0.25, 0.3) is 5.56 Å². The lowest BCUT2D eigenvalue weighted by molar-refractivity contribution is -0.135. The predicted molar refractivity (Wildman–Crippen MR) is 86.2 cm³/mol. The highest BCUT2D eigenvalue weighted by atomic mass is 19.4. The van der Waals surface area contributed by atoms with Crippen LogP contribution >= 0.6 is 0 Å². The summed E-state index contributed by atoms with van der Waals surface area (Å²) in [4.78, 5) is 30.9. The zero-order valence-electron chi connectivity index (χ0n) is 14.2. The van der Waals surface area contributed by atoms with Crippen LogP contribution in [0, 0.1) is 0 Å². The van der Waals surface area contributed by atoms with E-state index in [0.717, 1.165) is 4.57 Å². The van der Waals surface area contributed by atoms with Crippen LogP contribution in [-0.2, 0) is 11.3 Å². The number of halogens is 4. The predicted octanol–water partition coefficient (Wildman–Crippen LogP) is -0.600. The lowest BCUT2D eigenvalue weighted by Gasteiger charge is -2.15. The molecular weight excluding hydrogens is 394 g/mol. The number of imidazole rings is 1. The second-order valence-corrected chi connectivity index (χ2v) is 6.33. The average molecular weight is 411 g/mol. The number of aromatic amines is 1. The van der Waals surface area contributed by atoms with Crippen LogP contribution < -0.4 is 17.0 Å². The fourth-order valence-electron chi connectivity index (χ4n) is 3.14. The molecule has 1 fully saturated rings. The fourth-order valence-corrected chi connectivity index (χ4v) is 3.14. The smallest absolute Gasteiger partial charge is 0.389 e. The van der Waals surface area contributed by atoms with Crippen molar-refractivity contribution in [2.24, 2.45) is 0 Å². The van der Waals surface area contributed by atoms with E-state index in [-0.39, 0.29) is 11.2 Å². The first-order chi connectivity index (χ1) is 13.0. The minimum absolute atomic E-state index is 0.381. The number of aromatic nitrogens is 4. The van der Waals surface area contributed by atoms with E-state index in [4.69, 9.17) is 15.6 Å². The molecule has 0 bridgehead atoms. The molecule has 0 aromatic carbocycles. The van der Waals surface area contributed by atoms with Gasteiger partial charge in [-0.15, -0.1) is 0 Å². The van der Waals surface area contributed by atoms with Crippen molar-refractivity contribution in [3.8, 4) is 0 Å². The molecule has 3 rings (SSSR count). The third-order valence-electron chi connectivity index (χ3n) is 4.39. The molecule has 2 aromatic heterocycles. The summed E-state index contributed by atoms with van der Waals surface area (Å²) in [5.41, 5.74) is 2.77. The van der Waals surface area contributed by atoms with Gasteiger partial charge in [0, 0.05) is 13.0 Å². The van der Waals surface area contributed by atoms with Crippen molar-refractivity contribution in [1.82, 2.24) is 19.1 Å². The van der Waals surface area contributed by atoms with Crippen LogP contribution in [0.5, 0.6) is 0 Å². The Morgan fingerprint density at radius 3 is 2.57 bits per heavy atom. The molecule has 10 nitrogen and oxygen atoms in total. The standard InChI is InChI=1S/C14H17F4N5O5/c15-6-5(4-24)28-11(8(6)25)23-9-7(10(26)21-12(19)20-9)22(13(23)27)3-1-2-14(16,17)18/h5-6,8,11,24-25H,1-4H2,(H3,19,20,21,26)/t5-,6-,8-,11-/m1/s1. The number of hydrogen-bond acceptors (Lipinski definition) is 7. The van der Waals surface area contributed by atoms with E-state index < -0.39 is 74.0 Å². The molecule has 0 spiro atoms. The van der Waals surface area contributed by atoms with E-state index in [1.165, 1.54) is 0 Å². The van der Waals surface area contributed by atoms with Crippen LogP contribution in [0.1, 0.15) is 19.1 Å². The number of aliphatic hydroxyl groups is 2. The minimum atomic E-state index is -4.46. The van der Waals surface area contributed by atoms with E-state index >= 15 is 0 Å². The van der Waals surface area contributed by atoms with Gasteiger partial charge in [-0.1, -0.05) is 0 Å². The molecular formula is C14H17F4N5O5. The zero-order chi connectivity index (χ0) is 20.8. The first kappa shape index (κ1) is 20.3. The Morgan fingerprint density at radius 1 is 1.32 bits per heavy atom. The molecule has 0 radical (unpaired) electrons. The van der Waals surface area contributed by atoms with Gasteiger partial charge in [-0.2, -0.15) is 18.2 Å². The second kappa shape index (κ2) is 7.18. The second-order valence-electron chi connectivity index (χ2n) is 6.33. The van der Waals surface area contributed by atoms with Gasteiger partial charge in [0.2, 0.25) is 5.95 Å². The summed E-state index contributed by atoms with van der Waals surface area (Å²) in [6.45, 7) is -1.27. The molecule has 3 heterocycles. The largest absolute Gasteiger partial charge is 0.394 e. The monoisotopic (exact) mass is 411 g/mol. The molecule has 5 N–H and O–H groups in total. The molecule has 0 aliphatic carbocycles. The molecule has 0 amide bonds. The van der Waals surface area contributed by atoms with Gasteiger partial charge < -0.3 is 20.7 Å². The van der Waals surface area contributed by atoms with Crippen LogP contribution in [-0.4, -0.2) is 60.5 Å². The maximum Gasteiger partial charge on any atom is 0.389 e. The summed E-state index contributed by atoms with van der Waals surface area (Å²) < 4.78 is 57.9. The summed E-state index contributed by atoms with van der Waals surface area (Å²) >= 11 is 0. The van der Waals surface area contributed by atoms with Crippen molar-refractivity contribution in [1.29, 1.82) is 0 Å². The normalized spacial score (nSPS) is 25.6. The average Bonchev–Trinajstić information content (AvgIpc) is 3.01. The maximum atomic E-state index is 14.1. The van der Waals surface area contributed by atoms with Crippen molar-refractivity contribution < 1.29 is 32.5 Å². The van der Waals surface area contributed by atoms with Crippen LogP contribution in [0.25, 0.3) is 11.2 Å². The lowest BCUT2D eigenvalue weighted by Crippen LogP contribution is -2.34. The Bertz CT molecular complexity index is 983. The van der Waals surface area contributed by atoms with Gasteiger partial charge in [-0.05, 0) is 6.42 Å². The van der Waals surface area contributed by atoms with Crippen molar-refractivity contribution >= 4 is 17.1 Å². The zero-order valence-corrected chi connectivity index (χ0v) is 14.2. The molecule has 2 aromatic rings. The number of fused-ring (bicyclic) bond motifs is 1. The molecule has 28 heavy (non-hydrogen) atoms. The Morgan fingerprint density at radius 2 is 2.00 bits per heavy atom. The molecule has 0 saturated carbocycles. The SMILES string of the molecule is Nc1nc2c(c(=O)[nH]1)n(CCCC(F)(F)F)c(=O)n2[C@@H]1O[C@H](CO)[C@@H](F)[C@H]1O. The molecule has 14 heteroatoms. The minimum Gasteiger partial charge on any atom is -0.394 e. The number of nitrogen functional groups attached to an aromatic ring is 1. The van der Waals surface area contributed by atoms with E-state index in [0.29, 0.717) is 4.57 Å². The number of aryl methyl sites for hydroxylation is 1. The number of hydrogen-bond donors (Lipinski definition) is 4. The van der Waals surface area contributed by atoms with E-state index in [2.05, 4.69) is 9.97 Å². The van der Waals surface area contributed by atoms with Gasteiger partial charge in [0.05, 0.1) is 6.61 Å². The molecule has 1 saturated heterocycles. The van der Waals surface area contributed by atoms with Crippen LogP contribution in [0.15, 0.2) is 9.59 Å². The van der Waals surface area contributed by atoms with Gasteiger partial charge in [0.1, 0.15) is 12.2 Å². The Kier molecular flexibility index (Phi) is 5.20. The first-order valence-corrected chi connectivity index (χ1v) is 8.21. The number of rotatable bonds is 5. The number of ether oxygens (including phenoxy) is 1. The van der Waals surface area contributed by atoms with E-state index in [9.17, 15) is 32.3 Å². The van der Waals surface area contributed by atoms with Crippen molar-refractivity contribution in [3.63, 3.8) is 0 Å². The highest BCUT2D eigenvalue weighted by Gasteiger charge is 2.46. The number of nitrogens with zero attached hydrogens (tertiary/aromatic N) is 3. The number of alkyl halides is 4. The van der Waals surface area contributed by atoms with Gasteiger partial charge >= 0.3 is 11.9 Å². The summed E-state index contributed by atoms with van der Waals surface area (Å²) in [6, 6.07) is 0. The highest BCUT2D eigenvalue weighted by Crippen LogP contribution is 2.32. The van der Waals surface area contributed by atoms with Crippen molar-refractivity contribution in [2.45, 2.75) is 50.2 Å². The van der Waals surface area contributed by atoms with Gasteiger partial charge in [-0.3, -0.25) is 14.3 Å². The first-order valence-electron chi connectivity index (χ1n) is 8.21. The van der Waals surface area contributed by atoms with E-state index in [1.54, 1.807) is 0 Å².